The number of hydrogen-bond donors (Lipinski definition) is 3. The Morgan fingerprint density at radius 3 is 0.613 bits per heavy atom. The summed E-state index contributed by atoms with van der Waals surface area (Å²) in [5, 5.41) is 10.7. The van der Waals surface area contributed by atoms with Crippen LogP contribution >= 0.6 is 15.6 Å². The van der Waals surface area contributed by atoms with Gasteiger partial charge in [0.1, 0.15) is 19.3 Å². The zero-order valence-electron chi connectivity index (χ0n) is 73.1. The Bertz CT molecular complexity index is 2100. The van der Waals surface area contributed by atoms with E-state index in [0.29, 0.717) is 31.6 Å². The van der Waals surface area contributed by atoms with E-state index < -0.39 is 97.5 Å². The van der Waals surface area contributed by atoms with Crippen molar-refractivity contribution in [1.29, 1.82) is 0 Å². The first-order chi connectivity index (χ1) is 54.0. The van der Waals surface area contributed by atoms with E-state index in [2.05, 4.69) is 34.6 Å². The average Bonchev–Trinajstić information content (AvgIpc) is 0.896. The summed E-state index contributed by atoms with van der Waals surface area (Å²) in [6, 6.07) is 0. The summed E-state index contributed by atoms with van der Waals surface area (Å²) >= 11 is 0. The fourth-order valence-electron chi connectivity index (χ4n) is 14.5. The number of ether oxygens (including phenoxy) is 4. The van der Waals surface area contributed by atoms with Gasteiger partial charge in [0.15, 0.2) is 12.2 Å². The molecule has 0 amide bonds. The van der Waals surface area contributed by atoms with E-state index in [-0.39, 0.29) is 25.7 Å². The van der Waals surface area contributed by atoms with E-state index in [0.717, 1.165) is 96.3 Å². The molecule has 0 aromatic rings. The maximum Gasteiger partial charge on any atom is 0.472 e. The third kappa shape index (κ3) is 85.8. The van der Waals surface area contributed by atoms with Crippen molar-refractivity contribution < 1.29 is 80.2 Å². The number of rotatable bonds is 92. The Balaban J connectivity index is 5.18. The number of aliphatic hydroxyl groups is 1. The first kappa shape index (κ1) is 109. The van der Waals surface area contributed by atoms with E-state index in [9.17, 15) is 43.2 Å². The Kier molecular flexibility index (Phi) is 83.0. The molecule has 111 heavy (non-hydrogen) atoms. The largest absolute Gasteiger partial charge is 0.472 e. The van der Waals surface area contributed by atoms with E-state index >= 15 is 0 Å². The minimum absolute atomic E-state index is 0.108. The molecule has 0 radical (unpaired) electrons. The average molecular weight is 1620 g/mol. The molecule has 660 valence electrons. The fraction of sp³-hybridized carbons (Fsp3) is 0.957. The van der Waals surface area contributed by atoms with Crippen molar-refractivity contribution in [2.45, 2.75) is 522 Å². The Labute approximate surface area is 683 Å². The molecule has 0 spiro atoms. The van der Waals surface area contributed by atoms with E-state index in [1.807, 2.05) is 0 Å². The Morgan fingerprint density at radius 2 is 0.414 bits per heavy atom. The standard InChI is InChI=1S/C92H180O17P2/c1-6-9-12-15-18-21-24-27-30-33-36-39-42-44-47-50-53-56-59-65-70-75-89(94)102-81-87(108-91(96)77-72-67-61-58-55-52-49-46-43-40-37-34-31-28-25-22-19-16-13-10-7-2)83-106-110(98,99)104-79-86(93)80-105-111(100,101)107-84-88(82-103-90(95)76-71-66-63-62-64-69-74-85(4)5)109-92(97)78-73-68-60-57-54-51-48-45-41-38-35-32-29-26-23-20-17-14-11-8-3/h85-88,93H,6-84H2,1-5H3,(H,98,99)(H,100,101)/t86-,87-,88-/m1/s1. The first-order valence-electron chi connectivity index (χ1n) is 47.6. The van der Waals surface area contributed by atoms with Gasteiger partial charge >= 0.3 is 39.5 Å². The number of unbranched alkanes of at least 4 members (excludes halogenated alkanes) is 64. The van der Waals surface area contributed by atoms with E-state index in [1.54, 1.807) is 0 Å². The second-order valence-electron chi connectivity index (χ2n) is 33.5. The summed E-state index contributed by atoms with van der Waals surface area (Å²) in [5.41, 5.74) is 0. The van der Waals surface area contributed by atoms with Gasteiger partial charge in [0, 0.05) is 25.7 Å². The molecule has 0 rings (SSSR count). The van der Waals surface area contributed by atoms with Crippen molar-refractivity contribution >= 4 is 39.5 Å². The van der Waals surface area contributed by atoms with E-state index in [4.69, 9.17) is 37.0 Å². The highest BCUT2D eigenvalue weighted by atomic mass is 31.2. The van der Waals surface area contributed by atoms with Gasteiger partial charge in [-0.15, -0.1) is 0 Å². The maximum atomic E-state index is 13.2. The van der Waals surface area contributed by atoms with Gasteiger partial charge in [0.05, 0.1) is 26.4 Å². The van der Waals surface area contributed by atoms with Gasteiger partial charge in [-0.2, -0.15) is 0 Å². The summed E-state index contributed by atoms with van der Waals surface area (Å²) in [5.74, 6) is -1.42. The minimum atomic E-state index is -4.97. The predicted octanol–water partition coefficient (Wildman–Crippen LogP) is 28.7. The lowest BCUT2D eigenvalue weighted by molar-refractivity contribution is -0.161. The summed E-state index contributed by atoms with van der Waals surface area (Å²) in [4.78, 5) is 73.4. The third-order valence-corrected chi connectivity index (χ3v) is 23.7. The Morgan fingerprint density at radius 1 is 0.243 bits per heavy atom. The van der Waals surface area contributed by atoms with Crippen LogP contribution in [0.5, 0.6) is 0 Å². The van der Waals surface area contributed by atoms with Gasteiger partial charge in [-0.1, -0.05) is 452 Å². The van der Waals surface area contributed by atoms with Gasteiger partial charge in [0.25, 0.3) is 0 Å². The van der Waals surface area contributed by atoms with Crippen LogP contribution in [-0.2, 0) is 65.4 Å². The number of esters is 4. The molecule has 0 saturated carbocycles. The summed E-state index contributed by atoms with van der Waals surface area (Å²) in [6.45, 7) is 7.31. The number of aliphatic hydroxyl groups excluding tert-OH is 1. The van der Waals surface area contributed by atoms with Crippen LogP contribution in [0.25, 0.3) is 0 Å². The van der Waals surface area contributed by atoms with Gasteiger partial charge in [0.2, 0.25) is 0 Å². The number of phosphoric ester groups is 2. The van der Waals surface area contributed by atoms with Crippen molar-refractivity contribution in [2.24, 2.45) is 5.92 Å². The highest BCUT2D eigenvalue weighted by Crippen LogP contribution is 2.45. The number of carbonyl (C=O) groups is 4. The molecule has 0 aliphatic heterocycles. The van der Waals surface area contributed by atoms with Crippen LogP contribution in [0.15, 0.2) is 0 Å². The molecule has 0 fully saturated rings. The Hall–Kier alpha value is -1.94. The molecule has 17 nitrogen and oxygen atoms in total. The number of phosphoric acid groups is 2. The topological polar surface area (TPSA) is 237 Å². The van der Waals surface area contributed by atoms with Crippen LogP contribution in [-0.4, -0.2) is 96.7 Å². The zero-order chi connectivity index (χ0) is 81.1. The lowest BCUT2D eigenvalue weighted by Crippen LogP contribution is -2.30. The molecule has 0 aliphatic rings. The molecule has 0 saturated heterocycles. The second-order valence-corrected chi connectivity index (χ2v) is 36.4. The summed E-state index contributed by atoms with van der Waals surface area (Å²) in [7, 11) is -9.93. The smallest absolute Gasteiger partial charge is 0.462 e. The predicted molar refractivity (Wildman–Crippen MR) is 460 cm³/mol. The molecule has 0 bridgehead atoms. The molecule has 19 heteroatoms. The highest BCUT2D eigenvalue weighted by molar-refractivity contribution is 7.47. The monoisotopic (exact) mass is 1620 g/mol. The van der Waals surface area contributed by atoms with E-state index in [1.165, 1.54) is 321 Å². The summed E-state index contributed by atoms with van der Waals surface area (Å²) in [6.07, 6.45) is 81.1. The molecule has 3 N–H and O–H groups in total. The normalized spacial score (nSPS) is 13.7. The lowest BCUT2D eigenvalue weighted by atomic mass is 10.0. The zero-order valence-corrected chi connectivity index (χ0v) is 74.9. The van der Waals surface area contributed by atoms with Gasteiger partial charge < -0.3 is 33.8 Å². The van der Waals surface area contributed by atoms with Crippen LogP contribution in [0.4, 0.5) is 0 Å². The second kappa shape index (κ2) is 84.5. The molecule has 0 aromatic carbocycles. The summed E-state index contributed by atoms with van der Waals surface area (Å²) < 4.78 is 69.0. The van der Waals surface area contributed by atoms with Gasteiger partial charge in [-0.05, 0) is 31.6 Å². The van der Waals surface area contributed by atoms with Crippen molar-refractivity contribution in [3.8, 4) is 0 Å². The SMILES string of the molecule is CCCCCCCCCCCCCCCCCCCCCCCC(=O)OC[C@H](COP(=O)(O)OC[C@@H](O)COP(=O)(O)OC[C@@H](COC(=O)CCCCCCCCC(C)C)OC(=O)CCCCCCCCCCCCCCCCCCCCCC)OC(=O)CCCCCCCCCCCCCCCCCCCCCCC. The number of hydrogen-bond acceptors (Lipinski definition) is 15. The van der Waals surface area contributed by atoms with Gasteiger partial charge in [-0.3, -0.25) is 37.3 Å². The van der Waals surface area contributed by atoms with Crippen molar-refractivity contribution in [2.75, 3.05) is 39.6 Å². The van der Waals surface area contributed by atoms with Crippen molar-refractivity contribution in [3.63, 3.8) is 0 Å². The molecular weight excluding hydrogens is 1440 g/mol. The maximum absolute atomic E-state index is 13.2. The van der Waals surface area contributed by atoms with Gasteiger partial charge in [-0.25, -0.2) is 9.13 Å². The van der Waals surface area contributed by atoms with Crippen LogP contribution in [0.3, 0.4) is 0 Å². The third-order valence-electron chi connectivity index (χ3n) is 21.8. The lowest BCUT2D eigenvalue weighted by Gasteiger charge is -2.21. The highest BCUT2D eigenvalue weighted by Gasteiger charge is 2.31. The quantitative estimate of drug-likeness (QED) is 0.0222. The van der Waals surface area contributed by atoms with Crippen LogP contribution in [0.1, 0.15) is 503 Å². The van der Waals surface area contributed by atoms with Crippen molar-refractivity contribution in [3.05, 3.63) is 0 Å². The molecule has 2 unspecified atom stereocenters. The minimum Gasteiger partial charge on any atom is -0.462 e. The van der Waals surface area contributed by atoms with Crippen LogP contribution < -0.4 is 0 Å². The molecule has 0 aromatic heterocycles. The number of carbonyl (C=O) groups excluding carboxylic acids is 4. The van der Waals surface area contributed by atoms with Crippen molar-refractivity contribution in [1.82, 2.24) is 0 Å². The molecule has 5 atom stereocenters. The van der Waals surface area contributed by atoms with Crippen LogP contribution in [0, 0.1) is 5.92 Å². The first-order valence-corrected chi connectivity index (χ1v) is 50.6. The molecular formula is C92H180O17P2. The van der Waals surface area contributed by atoms with Crippen LogP contribution in [0.2, 0.25) is 0 Å². The fourth-order valence-corrected chi connectivity index (χ4v) is 16.1. The molecule has 0 aliphatic carbocycles. The molecule has 0 heterocycles.